The van der Waals surface area contributed by atoms with Gasteiger partial charge in [-0.05, 0) is 50.5 Å². The van der Waals surface area contributed by atoms with Crippen molar-refractivity contribution in [1.29, 1.82) is 0 Å². The molecule has 0 aromatic carbocycles. The second-order valence-electron chi connectivity index (χ2n) is 8.23. The second-order valence-corrected chi connectivity index (χ2v) is 8.23. The van der Waals surface area contributed by atoms with E-state index >= 15 is 0 Å². The number of halogens is 1. The summed E-state index contributed by atoms with van der Waals surface area (Å²) in [6, 6.07) is 0.863. The van der Waals surface area contributed by atoms with E-state index in [1.165, 1.54) is 36.9 Å². The van der Waals surface area contributed by atoms with Crippen molar-refractivity contribution in [3.05, 3.63) is 17.5 Å². The van der Waals surface area contributed by atoms with E-state index in [9.17, 15) is 0 Å². The molecule has 2 aliphatic carbocycles. The molecule has 0 bridgehead atoms. The van der Waals surface area contributed by atoms with Crippen molar-refractivity contribution in [2.24, 2.45) is 16.8 Å². The fourth-order valence-corrected chi connectivity index (χ4v) is 4.21. The highest BCUT2D eigenvalue weighted by Crippen LogP contribution is 2.28. The van der Waals surface area contributed by atoms with Gasteiger partial charge in [0.05, 0.1) is 5.69 Å². The maximum Gasteiger partial charge on any atom is 0.191 e. The van der Waals surface area contributed by atoms with Gasteiger partial charge in [0, 0.05) is 38.3 Å². The summed E-state index contributed by atoms with van der Waals surface area (Å²) >= 11 is 0. The van der Waals surface area contributed by atoms with Gasteiger partial charge in [-0.2, -0.15) is 5.10 Å². The summed E-state index contributed by atoms with van der Waals surface area (Å²) in [6.07, 6.45) is 11.0. The molecule has 1 fully saturated rings. The van der Waals surface area contributed by atoms with E-state index in [0.717, 1.165) is 43.6 Å². The lowest BCUT2D eigenvalue weighted by atomic mass is 9.80. The molecule has 2 aliphatic rings. The standard InChI is InChI=1S/C20H35N5.HI/c1-14(2)25-13-17-9-10-18(11-19(17)24-25)23-20(21-4)22-12-16-8-6-5-7-15(16)3;/h13-16,18H,5-12H2,1-4H3,(H2,21,22,23);1H. The fourth-order valence-electron chi connectivity index (χ4n) is 4.21. The number of nitrogens with zero attached hydrogens (tertiary/aromatic N) is 3. The van der Waals surface area contributed by atoms with Crippen LogP contribution in [-0.2, 0) is 12.8 Å². The predicted molar refractivity (Wildman–Crippen MR) is 119 cm³/mol. The highest BCUT2D eigenvalue weighted by atomic mass is 127. The molecule has 0 aliphatic heterocycles. The zero-order valence-electron chi connectivity index (χ0n) is 16.8. The lowest BCUT2D eigenvalue weighted by molar-refractivity contribution is 0.256. The molecule has 26 heavy (non-hydrogen) atoms. The van der Waals surface area contributed by atoms with Crippen molar-refractivity contribution in [2.45, 2.75) is 77.8 Å². The second kappa shape index (κ2) is 9.95. The van der Waals surface area contributed by atoms with Gasteiger partial charge in [-0.25, -0.2) is 0 Å². The third-order valence-electron chi connectivity index (χ3n) is 6.01. The molecule has 1 saturated carbocycles. The van der Waals surface area contributed by atoms with Crippen LogP contribution in [0.2, 0.25) is 0 Å². The van der Waals surface area contributed by atoms with Crippen LogP contribution in [0.25, 0.3) is 0 Å². The first-order chi connectivity index (χ1) is 12.1. The number of fused-ring (bicyclic) bond motifs is 1. The van der Waals surface area contributed by atoms with Crippen molar-refractivity contribution in [3.63, 3.8) is 0 Å². The molecule has 1 heterocycles. The van der Waals surface area contributed by atoms with Gasteiger partial charge in [0.1, 0.15) is 0 Å². The molecule has 0 saturated heterocycles. The van der Waals surface area contributed by atoms with Crippen LogP contribution in [-0.4, -0.2) is 35.4 Å². The lowest BCUT2D eigenvalue weighted by Crippen LogP contribution is -2.47. The molecule has 0 radical (unpaired) electrons. The third-order valence-corrected chi connectivity index (χ3v) is 6.01. The van der Waals surface area contributed by atoms with E-state index in [4.69, 9.17) is 5.10 Å². The number of aromatic nitrogens is 2. The molecular weight excluding hydrogens is 437 g/mol. The zero-order chi connectivity index (χ0) is 17.8. The Labute approximate surface area is 175 Å². The SMILES string of the molecule is CN=C(NCC1CCCCC1C)NC1CCc2cn(C(C)C)nc2C1.I. The number of hydrogen-bond donors (Lipinski definition) is 2. The molecule has 1 aromatic heterocycles. The van der Waals surface area contributed by atoms with E-state index in [0.29, 0.717) is 12.1 Å². The Hall–Kier alpha value is -0.790. The molecular formula is C20H36IN5. The van der Waals surface area contributed by atoms with Gasteiger partial charge in [-0.3, -0.25) is 9.67 Å². The molecule has 6 heteroatoms. The minimum Gasteiger partial charge on any atom is -0.356 e. The number of aryl methyl sites for hydroxylation is 1. The summed E-state index contributed by atoms with van der Waals surface area (Å²) in [6.45, 7) is 7.81. The normalized spacial score (nSPS) is 26.2. The first-order valence-corrected chi connectivity index (χ1v) is 10.1. The first kappa shape index (κ1) is 21.5. The van der Waals surface area contributed by atoms with Crippen molar-refractivity contribution in [1.82, 2.24) is 20.4 Å². The van der Waals surface area contributed by atoms with Crippen LogP contribution in [0.1, 0.15) is 70.2 Å². The van der Waals surface area contributed by atoms with Gasteiger partial charge in [-0.15, -0.1) is 24.0 Å². The zero-order valence-corrected chi connectivity index (χ0v) is 19.1. The van der Waals surface area contributed by atoms with Crippen LogP contribution >= 0.6 is 24.0 Å². The molecule has 3 unspecified atom stereocenters. The lowest BCUT2D eigenvalue weighted by Gasteiger charge is -2.30. The van der Waals surface area contributed by atoms with Gasteiger partial charge in [0.15, 0.2) is 5.96 Å². The van der Waals surface area contributed by atoms with Crippen LogP contribution in [0.15, 0.2) is 11.2 Å². The predicted octanol–water partition coefficient (Wildman–Crippen LogP) is 3.93. The first-order valence-electron chi connectivity index (χ1n) is 10.1. The van der Waals surface area contributed by atoms with E-state index < -0.39 is 0 Å². The Morgan fingerprint density at radius 1 is 1.31 bits per heavy atom. The van der Waals surface area contributed by atoms with Crippen LogP contribution in [0, 0.1) is 11.8 Å². The molecule has 5 nitrogen and oxygen atoms in total. The summed E-state index contributed by atoms with van der Waals surface area (Å²) in [5, 5.41) is 12.0. The Morgan fingerprint density at radius 2 is 2.08 bits per heavy atom. The summed E-state index contributed by atoms with van der Waals surface area (Å²) in [5.74, 6) is 2.57. The summed E-state index contributed by atoms with van der Waals surface area (Å²) < 4.78 is 2.10. The summed E-state index contributed by atoms with van der Waals surface area (Å²) in [5.41, 5.74) is 2.68. The van der Waals surface area contributed by atoms with Crippen molar-refractivity contribution < 1.29 is 0 Å². The van der Waals surface area contributed by atoms with E-state index in [1.807, 2.05) is 7.05 Å². The topological polar surface area (TPSA) is 54.2 Å². The van der Waals surface area contributed by atoms with Gasteiger partial charge in [0.25, 0.3) is 0 Å². The Kier molecular flexibility index (Phi) is 8.23. The summed E-state index contributed by atoms with van der Waals surface area (Å²) in [7, 11) is 1.88. The Bertz CT molecular complexity index is 595. The number of hydrogen-bond acceptors (Lipinski definition) is 2. The average molecular weight is 473 g/mol. The quantitative estimate of drug-likeness (QED) is 0.396. The summed E-state index contributed by atoms with van der Waals surface area (Å²) in [4.78, 5) is 4.45. The van der Waals surface area contributed by atoms with Crippen molar-refractivity contribution >= 4 is 29.9 Å². The minimum atomic E-state index is 0. The van der Waals surface area contributed by atoms with Crippen LogP contribution in [0.4, 0.5) is 0 Å². The highest BCUT2D eigenvalue weighted by Gasteiger charge is 2.24. The number of guanidine groups is 1. The van der Waals surface area contributed by atoms with Gasteiger partial charge >= 0.3 is 0 Å². The Balaban J connectivity index is 0.00000243. The van der Waals surface area contributed by atoms with E-state index in [1.54, 1.807) is 0 Å². The molecule has 148 valence electrons. The number of aliphatic imine (C=N–C) groups is 1. The van der Waals surface area contributed by atoms with Gasteiger partial charge in [-0.1, -0.05) is 26.2 Å². The average Bonchev–Trinajstić information content (AvgIpc) is 3.03. The monoisotopic (exact) mass is 473 g/mol. The molecule has 1 aromatic rings. The minimum absolute atomic E-state index is 0. The van der Waals surface area contributed by atoms with Crippen LogP contribution in [0.3, 0.4) is 0 Å². The van der Waals surface area contributed by atoms with Crippen LogP contribution < -0.4 is 10.6 Å². The molecule has 3 rings (SSSR count). The van der Waals surface area contributed by atoms with Crippen LogP contribution in [0.5, 0.6) is 0 Å². The van der Waals surface area contributed by atoms with Crippen molar-refractivity contribution in [3.8, 4) is 0 Å². The highest BCUT2D eigenvalue weighted by molar-refractivity contribution is 14.0. The number of nitrogens with one attached hydrogen (secondary N) is 2. The molecule has 0 spiro atoms. The van der Waals surface area contributed by atoms with Crippen molar-refractivity contribution in [2.75, 3.05) is 13.6 Å². The maximum absolute atomic E-state index is 4.78. The fraction of sp³-hybridized carbons (Fsp3) is 0.800. The molecule has 0 amide bonds. The van der Waals surface area contributed by atoms with Gasteiger partial charge in [0.2, 0.25) is 0 Å². The van der Waals surface area contributed by atoms with E-state index in [-0.39, 0.29) is 24.0 Å². The maximum atomic E-state index is 4.78. The molecule has 3 atom stereocenters. The largest absolute Gasteiger partial charge is 0.356 e. The third kappa shape index (κ3) is 5.36. The molecule has 2 N–H and O–H groups in total. The van der Waals surface area contributed by atoms with Gasteiger partial charge < -0.3 is 10.6 Å². The Morgan fingerprint density at radius 3 is 2.77 bits per heavy atom. The smallest absolute Gasteiger partial charge is 0.191 e. The number of rotatable bonds is 4. The van der Waals surface area contributed by atoms with E-state index in [2.05, 4.69) is 47.3 Å².